The van der Waals surface area contributed by atoms with Crippen molar-refractivity contribution >= 4 is 21.8 Å². The van der Waals surface area contributed by atoms with Gasteiger partial charge in [0.25, 0.3) is 5.91 Å². The van der Waals surface area contributed by atoms with Crippen molar-refractivity contribution in [2.24, 2.45) is 5.92 Å². The van der Waals surface area contributed by atoms with Gasteiger partial charge in [-0.2, -0.15) is 0 Å². The molecule has 1 aliphatic rings. The Morgan fingerprint density at radius 1 is 1.47 bits per heavy atom. The Morgan fingerprint density at radius 3 is 2.74 bits per heavy atom. The summed E-state index contributed by atoms with van der Waals surface area (Å²) in [4.78, 5) is 20.5. The van der Waals surface area contributed by atoms with Crippen molar-refractivity contribution in [2.75, 3.05) is 33.7 Å². The van der Waals surface area contributed by atoms with Crippen LogP contribution in [0.15, 0.2) is 22.8 Å². The molecule has 0 aromatic carbocycles. The minimum absolute atomic E-state index is 0.00595. The lowest BCUT2D eigenvalue weighted by atomic mass is 9.96. The third-order valence-corrected chi connectivity index (χ3v) is 4.13. The van der Waals surface area contributed by atoms with Gasteiger partial charge in [-0.3, -0.25) is 4.79 Å². The zero-order chi connectivity index (χ0) is 13.8. The molecular formula is C14H20BrN3O. The Morgan fingerprint density at radius 2 is 2.16 bits per heavy atom. The molecule has 19 heavy (non-hydrogen) atoms. The van der Waals surface area contributed by atoms with Crippen molar-refractivity contribution < 1.29 is 4.79 Å². The summed E-state index contributed by atoms with van der Waals surface area (Å²) in [7, 11) is 4.02. The summed E-state index contributed by atoms with van der Waals surface area (Å²) < 4.78 is 0.891. The smallest absolute Gasteiger partial charge is 0.272 e. The molecule has 0 radical (unpaired) electrons. The molecule has 0 atom stereocenters. The Kier molecular flexibility index (Phi) is 4.93. The van der Waals surface area contributed by atoms with Crippen molar-refractivity contribution in [1.29, 1.82) is 0 Å². The second kappa shape index (κ2) is 6.48. The maximum atomic E-state index is 12.2. The number of carbonyl (C=O) groups excluding carboxylic acids is 1. The summed E-state index contributed by atoms with van der Waals surface area (Å²) in [5.74, 6) is 0.618. The fourth-order valence-electron chi connectivity index (χ4n) is 2.41. The van der Waals surface area contributed by atoms with Crippen LogP contribution in [0.1, 0.15) is 23.3 Å². The second-order valence-electron chi connectivity index (χ2n) is 5.29. The first-order valence-electron chi connectivity index (χ1n) is 6.62. The molecule has 104 valence electrons. The number of pyridine rings is 1. The number of hydrogen-bond acceptors (Lipinski definition) is 3. The van der Waals surface area contributed by atoms with Gasteiger partial charge < -0.3 is 9.80 Å². The van der Waals surface area contributed by atoms with Crippen LogP contribution in [0.5, 0.6) is 0 Å². The summed E-state index contributed by atoms with van der Waals surface area (Å²) >= 11 is 3.32. The summed E-state index contributed by atoms with van der Waals surface area (Å²) in [5, 5.41) is 0. The molecule has 1 aromatic rings. The van der Waals surface area contributed by atoms with Crippen molar-refractivity contribution in [3.8, 4) is 0 Å². The number of rotatable bonds is 3. The molecule has 0 aliphatic carbocycles. The van der Waals surface area contributed by atoms with E-state index in [0.717, 1.165) is 24.1 Å². The van der Waals surface area contributed by atoms with Gasteiger partial charge in [0.1, 0.15) is 5.69 Å². The molecule has 1 saturated heterocycles. The molecule has 0 saturated carbocycles. The van der Waals surface area contributed by atoms with E-state index in [4.69, 9.17) is 0 Å². The van der Waals surface area contributed by atoms with E-state index in [-0.39, 0.29) is 5.91 Å². The van der Waals surface area contributed by atoms with Gasteiger partial charge in [0.05, 0.1) is 0 Å². The summed E-state index contributed by atoms with van der Waals surface area (Å²) in [6, 6.07) is 3.61. The lowest BCUT2D eigenvalue weighted by Gasteiger charge is -2.31. The zero-order valence-electron chi connectivity index (χ0n) is 11.5. The second-order valence-corrected chi connectivity index (χ2v) is 6.21. The number of carbonyl (C=O) groups is 1. The lowest BCUT2D eigenvalue weighted by Crippen LogP contribution is -2.38. The van der Waals surface area contributed by atoms with Crippen LogP contribution in [0, 0.1) is 5.92 Å². The molecule has 2 rings (SSSR count). The van der Waals surface area contributed by atoms with Gasteiger partial charge in [-0.1, -0.05) is 0 Å². The monoisotopic (exact) mass is 325 g/mol. The number of aromatic nitrogens is 1. The fourth-order valence-corrected chi connectivity index (χ4v) is 2.65. The third-order valence-electron chi connectivity index (χ3n) is 3.66. The number of likely N-dealkylation sites (tertiary alicyclic amines) is 1. The quantitative estimate of drug-likeness (QED) is 0.855. The number of hydrogen-bond donors (Lipinski definition) is 0. The van der Waals surface area contributed by atoms with Gasteiger partial charge in [-0.05, 0) is 67.0 Å². The Labute approximate surface area is 122 Å². The van der Waals surface area contributed by atoms with Gasteiger partial charge in [0.2, 0.25) is 0 Å². The Hall–Kier alpha value is -0.940. The van der Waals surface area contributed by atoms with Gasteiger partial charge in [0, 0.05) is 24.3 Å². The van der Waals surface area contributed by atoms with Gasteiger partial charge >= 0.3 is 0 Å². The molecular weight excluding hydrogens is 306 g/mol. The van der Waals surface area contributed by atoms with Crippen LogP contribution in [-0.4, -0.2) is 54.4 Å². The molecule has 1 amide bonds. The van der Waals surface area contributed by atoms with Crippen molar-refractivity contribution in [2.45, 2.75) is 12.8 Å². The minimum atomic E-state index is 0.00595. The Bertz CT molecular complexity index is 427. The molecule has 1 aromatic heterocycles. The maximum absolute atomic E-state index is 12.2. The van der Waals surface area contributed by atoms with Crippen LogP contribution < -0.4 is 0 Å². The number of halogens is 1. The highest BCUT2D eigenvalue weighted by Gasteiger charge is 2.21. The molecule has 0 N–H and O–H groups in total. The molecule has 5 heteroatoms. The van der Waals surface area contributed by atoms with E-state index < -0.39 is 0 Å². The van der Waals surface area contributed by atoms with E-state index in [9.17, 15) is 4.79 Å². The van der Waals surface area contributed by atoms with Crippen LogP contribution in [0.25, 0.3) is 0 Å². The number of nitrogens with zero attached hydrogens (tertiary/aromatic N) is 3. The predicted molar refractivity (Wildman–Crippen MR) is 79.1 cm³/mol. The standard InChI is InChI=1S/C14H20BrN3O/c1-17-7-5-11(6-8-17)10-18(2)14(19)13-4-3-12(15)9-16-13/h3-4,9,11H,5-8,10H2,1-2H3. The molecule has 1 aliphatic heterocycles. The highest BCUT2D eigenvalue weighted by atomic mass is 79.9. The average molecular weight is 326 g/mol. The molecule has 1 fully saturated rings. The molecule has 2 heterocycles. The maximum Gasteiger partial charge on any atom is 0.272 e. The van der Waals surface area contributed by atoms with E-state index >= 15 is 0 Å². The topological polar surface area (TPSA) is 36.4 Å². The van der Waals surface area contributed by atoms with Crippen molar-refractivity contribution in [3.63, 3.8) is 0 Å². The van der Waals surface area contributed by atoms with Crippen molar-refractivity contribution in [3.05, 3.63) is 28.5 Å². The van der Waals surface area contributed by atoms with Gasteiger partial charge in [0.15, 0.2) is 0 Å². The molecule has 0 spiro atoms. The van der Waals surface area contributed by atoms with Crippen LogP contribution >= 0.6 is 15.9 Å². The van der Waals surface area contributed by atoms with Gasteiger partial charge in [-0.15, -0.1) is 0 Å². The molecule has 0 bridgehead atoms. The summed E-state index contributed by atoms with van der Waals surface area (Å²) in [6.07, 6.45) is 4.00. The summed E-state index contributed by atoms with van der Waals surface area (Å²) in [5.41, 5.74) is 0.513. The third kappa shape index (κ3) is 4.01. The summed E-state index contributed by atoms with van der Waals surface area (Å²) in [6.45, 7) is 3.08. The first-order valence-corrected chi connectivity index (χ1v) is 7.41. The van der Waals surface area contributed by atoms with Crippen LogP contribution in [0.4, 0.5) is 0 Å². The van der Waals surface area contributed by atoms with E-state index in [1.807, 2.05) is 13.1 Å². The van der Waals surface area contributed by atoms with E-state index in [2.05, 4.69) is 32.9 Å². The highest BCUT2D eigenvalue weighted by Crippen LogP contribution is 2.17. The van der Waals surface area contributed by atoms with Crippen LogP contribution in [0.2, 0.25) is 0 Å². The number of amides is 1. The van der Waals surface area contributed by atoms with Crippen LogP contribution in [-0.2, 0) is 0 Å². The number of piperidine rings is 1. The zero-order valence-corrected chi connectivity index (χ0v) is 13.1. The van der Waals surface area contributed by atoms with Gasteiger partial charge in [-0.25, -0.2) is 4.98 Å². The average Bonchev–Trinajstić information content (AvgIpc) is 2.41. The van der Waals surface area contributed by atoms with E-state index in [1.165, 1.54) is 12.8 Å². The predicted octanol–water partition coefficient (Wildman–Crippen LogP) is 2.26. The van der Waals surface area contributed by atoms with Crippen molar-refractivity contribution in [1.82, 2.24) is 14.8 Å². The fraction of sp³-hybridized carbons (Fsp3) is 0.571. The SMILES string of the molecule is CN1CCC(CN(C)C(=O)c2ccc(Br)cn2)CC1. The van der Waals surface area contributed by atoms with E-state index in [0.29, 0.717) is 11.6 Å². The Balaban J connectivity index is 1.90. The lowest BCUT2D eigenvalue weighted by molar-refractivity contribution is 0.0741. The highest BCUT2D eigenvalue weighted by molar-refractivity contribution is 9.10. The minimum Gasteiger partial charge on any atom is -0.340 e. The first kappa shape index (κ1) is 14.5. The normalized spacial score (nSPS) is 17.4. The van der Waals surface area contributed by atoms with E-state index in [1.54, 1.807) is 17.2 Å². The molecule has 0 unspecified atom stereocenters. The first-order chi connectivity index (χ1) is 9.06. The largest absolute Gasteiger partial charge is 0.340 e. The van der Waals surface area contributed by atoms with Crippen LogP contribution in [0.3, 0.4) is 0 Å². The molecule has 4 nitrogen and oxygen atoms in total.